The molecule has 0 radical (unpaired) electrons. The molecule has 6 nitrogen and oxygen atoms in total. The largest absolute Gasteiger partial charge is 0.418 e. The van der Waals surface area contributed by atoms with Gasteiger partial charge < -0.3 is 21.1 Å². The van der Waals surface area contributed by atoms with Gasteiger partial charge in [-0.15, -0.1) is 24.8 Å². The number of anilines is 2. The highest BCUT2D eigenvalue weighted by Crippen LogP contribution is 2.36. The second-order valence-electron chi connectivity index (χ2n) is 6.61. The lowest BCUT2D eigenvalue weighted by molar-refractivity contribution is -0.137. The topological polar surface area (TPSA) is 89.3 Å². The first-order valence-corrected chi connectivity index (χ1v) is 8.52. The van der Waals surface area contributed by atoms with Gasteiger partial charge in [0.2, 0.25) is 5.91 Å². The van der Waals surface area contributed by atoms with Crippen molar-refractivity contribution >= 4 is 42.1 Å². The number of benzene rings is 1. The minimum absolute atomic E-state index is 0. The molecule has 1 amide bonds. The fraction of sp³-hybridized carbons (Fsp3) is 0.333. The van der Waals surface area contributed by atoms with Crippen LogP contribution in [0.15, 0.2) is 30.5 Å². The zero-order valence-corrected chi connectivity index (χ0v) is 17.4. The summed E-state index contributed by atoms with van der Waals surface area (Å²) < 4.78 is 71.7. The predicted octanol–water partition coefficient (Wildman–Crippen LogP) is 3.70. The maximum absolute atomic E-state index is 14.3. The van der Waals surface area contributed by atoms with E-state index in [1.54, 1.807) is 0 Å². The van der Waals surface area contributed by atoms with Crippen LogP contribution < -0.4 is 16.4 Å². The van der Waals surface area contributed by atoms with E-state index < -0.39 is 40.5 Å². The lowest BCUT2D eigenvalue weighted by atomic mass is 9.99. The highest BCUT2D eigenvalue weighted by atomic mass is 35.5. The Hall–Kier alpha value is -2.21. The van der Waals surface area contributed by atoms with E-state index in [1.165, 1.54) is 0 Å². The quantitative estimate of drug-likeness (QED) is 0.558. The van der Waals surface area contributed by atoms with Crippen LogP contribution in [0.25, 0.3) is 0 Å². The number of nitrogens with one attached hydrogen (secondary N) is 2. The lowest BCUT2D eigenvalue weighted by Gasteiger charge is -2.20. The number of ether oxygens (including phenoxy) is 1. The molecule has 1 aliphatic rings. The standard InChI is InChI=1S/C18H17F5N4O2.2ClH/c19-10-1-2-14(12(5-10)18(21,22)23)27-11-6-13(20)15(25-7-11)8-26-16(28)17(24)3-4-29-9-17;;/h1-2,5-7,27H,3-4,8-9,24H2,(H,26,28);2*1H. The molecule has 31 heavy (non-hydrogen) atoms. The van der Waals surface area contributed by atoms with Crippen LogP contribution in [0.1, 0.15) is 17.7 Å². The summed E-state index contributed by atoms with van der Waals surface area (Å²) in [7, 11) is 0. The van der Waals surface area contributed by atoms with Gasteiger partial charge in [0.1, 0.15) is 17.2 Å². The van der Waals surface area contributed by atoms with Gasteiger partial charge in [0.15, 0.2) is 0 Å². The van der Waals surface area contributed by atoms with Gasteiger partial charge >= 0.3 is 6.18 Å². The van der Waals surface area contributed by atoms with Gasteiger partial charge in [-0.3, -0.25) is 9.78 Å². The first kappa shape index (κ1) is 26.8. The smallest absolute Gasteiger partial charge is 0.379 e. The predicted molar refractivity (Wildman–Crippen MR) is 108 cm³/mol. The lowest BCUT2D eigenvalue weighted by Crippen LogP contribution is -2.54. The van der Waals surface area contributed by atoms with Crippen molar-refractivity contribution < 1.29 is 31.5 Å². The summed E-state index contributed by atoms with van der Waals surface area (Å²) in [4.78, 5) is 15.9. The van der Waals surface area contributed by atoms with Gasteiger partial charge in [-0.2, -0.15) is 13.2 Å². The number of pyridine rings is 1. The van der Waals surface area contributed by atoms with Crippen LogP contribution in [0.5, 0.6) is 0 Å². The second-order valence-corrected chi connectivity index (χ2v) is 6.61. The van der Waals surface area contributed by atoms with Gasteiger partial charge in [0.05, 0.1) is 42.0 Å². The molecule has 1 aromatic heterocycles. The highest BCUT2D eigenvalue weighted by Gasteiger charge is 2.38. The molecule has 3 rings (SSSR count). The van der Waals surface area contributed by atoms with Crippen LogP contribution in [-0.2, 0) is 22.3 Å². The number of hydrogen-bond donors (Lipinski definition) is 3. The van der Waals surface area contributed by atoms with E-state index in [0.29, 0.717) is 19.1 Å². The van der Waals surface area contributed by atoms with Gasteiger partial charge in [-0.25, -0.2) is 8.78 Å². The molecule has 2 heterocycles. The van der Waals surface area contributed by atoms with Crippen molar-refractivity contribution in [3.05, 3.63) is 53.4 Å². The molecule has 13 heteroatoms. The van der Waals surface area contributed by atoms with E-state index in [1.807, 2.05) is 0 Å². The minimum atomic E-state index is -4.80. The van der Waals surface area contributed by atoms with E-state index in [4.69, 9.17) is 10.5 Å². The average Bonchev–Trinajstić information content (AvgIpc) is 3.09. The molecule has 172 valence electrons. The first-order valence-electron chi connectivity index (χ1n) is 8.52. The highest BCUT2D eigenvalue weighted by molar-refractivity contribution is 5.86. The van der Waals surface area contributed by atoms with Crippen LogP contribution in [-0.4, -0.2) is 29.6 Å². The molecule has 1 atom stereocenters. The number of aromatic nitrogens is 1. The third-order valence-corrected chi connectivity index (χ3v) is 4.40. The minimum Gasteiger partial charge on any atom is -0.379 e. The Kier molecular flexibility index (Phi) is 9.00. The summed E-state index contributed by atoms with van der Waals surface area (Å²) in [5, 5.41) is 4.85. The summed E-state index contributed by atoms with van der Waals surface area (Å²) in [5.74, 6) is -2.41. The average molecular weight is 489 g/mol. The zero-order chi connectivity index (χ0) is 21.2. The zero-order valence-electron chi connectivity index (χ0n) is 15.8. The summed E-state index contributed by atoms with van der Waals surface area (Å²) >= 11 is 0. The maximum Gasteiger partial charge on any atom is 0.418 e. The van der Waals surface area contributed by atoms with Crippen LogP contribution in [0, 0.1) is 11.6 Å². The van der Waals surface area contributed by atoms with Gasteiger partial charge in [0, 0.05) is 12.7 Å². The van der Waals surface area contributed by atoms with Crippen molar-refractivity contribution in [1.29, 1.82) is 0 Å². The molecular formula is C18H19Cl2F5N4O2. The molecular weight excluding hydrogens is 470 g/mol. The van der Waals surface area contributed by atoms with E-state index in [0.717, 1.165) is 24.4 Å². The van der Waals surface area contributed by atoms with Crippen LogP contribution in [0.3, 0.4) is 0 Å². The Labute approximate surface area is 186 Å². The van der Waals surface area contributed by atoms with E-state index >= 15 is 0 Å². The monoisotopic (exact) mass is 488 g/mol. The number of hydrogen-bond acceptors (Lipinski definition) is 5. The fourth-order valence-corrected chi connectivity index (χ4v) is 2.78. The van der Waals surface area contributed by atoms with E-state index in [9.17, 15) is 26.7 Å². The second kappa shape index (κ2) is 10.4. The summed E-state index contributed by atoms with van der Waals surface area (Å²) in [6.45, 7) is 0.144. The molecule has 0 saturated carbocycles. The third kappa shape index (κ3) is 6.39. The fourth-order valence-electron chi connectivity index (χ4n) is 2.78. The number of nitrogens with two attached hydrogens (primary N) is 1. The number of rotatable bonds is 5. The van der Waals surface area contributed by atoms with Crippen molar-refractivity contribution in [3.8, 4) is 0 Å². The Bertz CT molecular complexity index is 924. The number of nitrogens with zero attached hydrogens (tertiary/aromatic N) is 1. The molecule has 1 saturated heterocycles. The number of carbonyl (C=O) groups excluding carboxylic acids is 1. The molecule has 0 spiro atoms. The van der Waals surface area contributed by atoms with Crippen molar-refractivity contribution in [2.75, 3.05) is 18.5 Å². The first-order chi connectivity index (χ1) is 13.6. The van der Waals surface area contributed by atoms with Crippen LogP contribution in [0.2, 0.25) is 0 Å². The molecule has 0 bridgehead atoms. The van der Waals surface area contributed by atoms with Crippen molar-refractivity contribution in [2.24, 2.45) is 5.73 Å². The van der Waals surface area contributed by atoms with Crippen molar-refractivity contribution in [1.82, 2.24) is 10.3 Å². The molecule has 1 unspecified atom stereocenters. The number of amides is 1. The third-order valence-electron chi connectivity index (χ3n) is 4.40. The number of halogens is 7. The van der Waals surface area contributed by atoms with Crippen LogP contribution in [0.4, 0.5) is 33.3 Å². The normalized spacial score (nSPS) is 18.0. The van der Waals surface area contributed by atoms with Gasteiger partial charge in [0.25, 0.3) is 0 Å². The Morgan fingerprint density at radius 1 is 1.23 bits per heavy atom. The molecule has 4 N–H and O–H groups in total. The van der Waals surface area contributed by atoms with Crippen molar-refractivity contribution in [2.45, 2.75) is 24.7 Å². The van der Waals surface area contributed by atoms with Gasteiger partial charge in [-0.1, -0.05) is 0 Å². The van der Waals surface area contributed by atoms with Crippen LogP contribution >= 0.6 is 24.8 Å². The molecule has 1 aromatic carbocycles. The number of carbonyl (C=O) groups is 1. The van der Waals surface area contributed by atoms with E-state index in [-0.39, 0.29) is 49.3 Å². The molecule has 2 aromatic rings. The number of alkyl halides is 3. The summed E-state index contributed by atoms with van der Waals surface area (Å²) in [6.07, 6.45) is -3.37. The Morgan fingerprint density at radius 3 is 2.52 bits per heavy atom. The molecule has 1 fully saturated rings. The Morgan fingerprint density at radius 2 is 1.94 bits per heavy atom. The maximum atomic E-state index is 14.3. The SMILES string of the molecule is Cl.Cl.NC1(C(=O)NCc2ncc(Nc3ccc(F)cc3C(F)(F)F)cc2F)CCOC1. The Balaban J connectivity index is 0.00000240. The van der Waals surface area contributed by atoms with E-state index in [2.05, 4.69) is 15.6 Å². The molecule has 0 aliphatic carbocycles. The molecule has 1 aliphatic heterocycles. The van der Waals surface area contributed by atoms with Crippen molar-refractivity contribution in [3.63, 3.8) is 0 Å². The summed E-state index contributed by atoms with van der Waals surface area (Å²) in [5.41, 5.74) is 2.82. The van der Waals surface area contributed by atoms with Gasteiger partial charge in [-0.05, 0) is 24.6 Å². The summed E-state index contributed by atoms with van der Waals surface area (Å²) in [6, 6.07) is 3.01.